The van der Waals surface area contributed by atoms with E-state index in [1.165, 1.54) is 6.07 Å². The average Bonchev–Trinajstić information content (AvgIpc) is 3.16. The van der Waals surface area contributed by atoms with Crippen molar-refractivity contribution in [3.05, 3.63) is 69.3 Å². The standard InChI is InChI=1S/C22H23N3O4S/c1-3-4-13-29-22(28)16-6-8-17(9-7-16)23-20(26)14-25-21(27)12-10-18(24-25)19-11-5-15(2)30-19/h5-12H,3-4,13-14H2,1-2H3,(H,23,26). The van der Waals surface area contributed by atoms with Crippen LogP contribution in [-0.2, 0) is 16.1 Å². The molecule has 1 amide bonds. The Balaban J connectivity index is 1.63. The minimum Gasteiger partial charge on any atom is -0.462 e. The molecule has 0 atom stereocenters. The molecular weight excluding hydrogens is 402 g/mol. The molecule has 3 aromatic rings. The number of unbranched alkanes of at least 4 members (excludes halogenated alkanes) is 1. The molecule has 0 spiro atoms. The molecule has 0 saturated heterocycles. The maximum absolute atomic E-state index is 12.4. The van der Waals surface area contributed by atoms with Crippen molar-refractivity contribution in [2.24, 2.45) is 0 Å². The summed E-state index contributed by atoms with van der Waals surface area (Å²) in [6.45, 7) is 4.19. The lowest BCUT2D eigenvalue weighted by Gasteiger charge is -2.09. The number of nitrogens with zero attached hydrogens (tertiary/aromatic N) is 2. The van der Waals surface area contributed by atoms with E-state index in [-0.39, 0.29) is 18.0 Å². The minimum absolute atomic E-state index is 0.210. The Morgan fingerprint density at radius 3 is 2.53 bits per heavy atom. The molecule has 1 aromatic carbocycles. The zero-order valence-corrected chi connectivity index (χ0v) is 17.7. The van der Waals surface area contributed by atoms with Gasteiger partial charge in [0.2, 0.25) is 5.91 Å². The van der Waals surface area contributed by atoms with Crippen molar-refractivity contribution in [2.75, 3.05) is 11.9 Å². The summed E-state index contributed by atoms with van der Waals surface area (Å²) in [5, 5.41) is 7.01. The average molecular weight is 426 g/mol. The van der Waals surface area contributed by atoms with E-state index in [0.717, 1.165) is 27.3 Å². The number of amides is 1. The van der Waals surface area contributed by atoms with Gasteiger partial charge < -0.3 is 10.1 Å². The number of rotatable bonds is 8. The molecule has 3 rings (SSSR count). The van der Waals surface area contributed by atoms with Crippen molar-refractivity contribution < 1.29 is 14.3 Å². The molecule has 8 heteroatoms. The van der Waals surface area contributed by atoms with Crippen LogP contribution in [0.15, 0.2) is 53.3 Å². The monoisotopic (exact) mass is 425 g/mol. The molecule has 0 aliphatic carbocycles. The molecule has 0 fully saturated rings. The molecule has 0 unspecified atom stereocenters. The second-order valence-corrected chi connectivity index (χ2v) is 8.03. The predicted octanol–water partition coefficient (Wildman–Crippen LogP) is 3.88. The fraction of sp³-hybridized carbons (Fsp3) is 0.273. The normalized spacial score (nSPS) is 10.6. The van der Waals surface area contributed by atoms with Gasteiger partial charge in [-0.3, -0.25) is 9.59 Å². The first kappa shape index (κ1) is 21.4. The van der Waals surface area contributed by atoms with Crippen molar-refractivity contribution in [1.82, 2.24) is 9.78 Å². The second-order valence-electron chi connectivity index (χ2n) is 6.74. The summed E-state index contributed by atoms with van der Waals surface area (Å²) in [6.07, 6.45) is 1.77. The molecule has 7 nitrogen and oxygen atoms in total. The van der Waals surface area contributed by atoms with Crippen molar-refractivity contribution in [2.45, 2.75) is 33.2 Å². The molecule has 1 N–H and O–H groups in total. The third-order valence-electron chi connectivity index (χ3n) is 4.29. The maximum atomic E-state index is 12.4. The van der Waals surface area contributed by atoms with E-state index in [1.54, 1.807) is 41.7 Å². The molecule has 2 aromatic heterocycles. The van der Waals surface area contributed by atoms with Gasteiger partial charge in [-0.1, -0.05) is 13.3 Å². The van der Waals surface area contributed by atoms with Gasteiger partial charge in [0.15, 0.2) is 0 Å². The highest BCUT2D eigenvalue weighted by Crippen LogP contribution is 2.25. The number of aryl methyl sites for hydroxylation is 1. The molecular formula is C22H23N3O4S. The first-order chi connectivity index (χ1) is 14.5. The van der Waals surface area contributed by atoms with Crippen LogP contribution in [0, 0.1) is 6.92 Å². The van der Waals surface area contributed by atoms with Crippen molar-refractivity contribution in [1.29, 1.82) is 0 Å². The number of anilines is 1. The van der Waals surface area contributed by atoms with E-state index in [1.807, 2.05) is 26.0 Å². The highest BCUT2D eigenvalue weighted by atomic mass is 32.1. The lowest BCUT2D eigenvalue weighted by molar-refractivity contribution is -0.117. The first-order valence-electron chi connectivity index (χ1n) is 9.68. The highest BCUT2D eigenvalue weighted by molar-refractivity contribution is 7.15. The van der Waals surface area contributed by atoms with Crippen molar-refractivity contribution >= 4 is 28.9 Å². The van der Waals surface area contributed by atoms with Crippen LogP contribution in [0.5, 0.6) is 0 Å². The number of benzene rings is 1. The van der Waals surface area contributed by atoms with E-state index < -0.39 is 5.97 Å². The third-order valence-corrected chi connectivity index (χ3v) is 5.31. The van der Waals surface area contributed by atoms with Crippen LogP contribution in [0.2, 0.25) is 0 Å². The van der Waals surface area contributed by atoms with Gasteiger partial charge in [-0.15, -0.1) is 11.3 Å². The summed E-state index contributed by atoms with van der Waals surface area (Å²) >= 11 is 1.57. The predicted molar refractivity (Wildman–Crippen MR) is 117 cm³/mol. The van der Waals surface area contributed by atoms with Crippen LogP contribution in [0.1, 0.15) is 35.0 Å². The number of carbonyl (C=O) groups excluding carboxylic acids is 2. The Labute approximate surface area is 178 Å². The number of esters is 1. The quantitative estimate of drug-likeness (QED) is 0.437. The number of nitrogens with one attached hydrogen (secondary N) is 1. The van der Waals surface area contributed by atoms with Crippen LogP contribution in [0.4, 0.5) is 5.69 Å². The summed E-state index contributed by atoms with van der Waals surface area (Å²) in [6, 6.07) is 13.4. The van der Waals surface area contributed by atoms with Gasteiger partial charge in [-0.25, -0.2) is 9.48 Å². The largest absolute Gasteiger partial charge is 0.462 e. The van der Waals surface area contributed by atoms with Crippen LogP contribution < -0.4 is 10.9 Å². The van der Waals surface area contributed by atoms with Crippen LogP contribution in [0.25, 0.3) is 10.6 Å². The Morgan fingerprint density at radius 1 is 1.10 bits per heavy atom. The molecule has 30 heavy (non-hydrogen) atoms. The number of hydrogen-bond donors (Lipinski definition) is 1. The van der Waals surface area contributed by atoms with E-state index in [9.17, 15) is 14.4 Å². The molecule has 0 bridgehead atoms. The lowest BCUT2D eigenvalue weighted by atomic mass is 10.2. The fourth-order valence-electron chi connectivity index (χ4n) is 2.68. The highest BCUT2D eigenvalue weighted by Gasteiger charge is 2.11. The number of carbonyl (C=O) groups is 2. The number of aromatic nitrogens is 2. The van der Waals surface area contributed by atoms with Gasteiger partial charge in [0, 0.05) is 16.6 Å². The first-order valence-corrected chi connectivity index (χ1v) is 10.5. The van der Waals surface area contributed by atoms with E-state index in [0.29, 0.717) is 23.6 Å². The summed E-state index contributed by atoms with van der Waals surface area (Å²) in [4.78, 5) is 38.5. The summed E-state index contributed by atoms with van der Waals surface area (Å²) in [5.41, 5.74) is 1.22. The molecule has 0 saturated carbocycles. The molecule has 2 heterocycles. The summed E-state index contributed by atoms with van der Waals surface area (Å²) in [5.74, 6) is -0.778. The topological polar surface area (TPSA) is 90.3 Å². The molecule has 0 aliphatic rings. The van der Waals surface area contributed by atoms with Gasteiger partial charge in [-0.2, -0.15) is 5.10 Å². The van der Waals surface area contributed by atoms with Crippen molar-refractivity contribution in [3.8, 4) is 10.6 Å². The van der Waals surface area contributed by atoms with Crippen LogP contribution in [0.3, 0.4) is 0 Å². The fourth-order valence-corrected chi connectivity index (χ4v) is 3.52. The van der Waals surface area contributed by atoms with Gasteiger partial charge >= 0.3 is 5.97 Å². The van der Waals surface area contributed by atoms with Crippen LogP contribution >= 0.6 is 11.3 Å². The Morgan fingerprint density at radius 2 is 1.87 bits per heavy atom. The molecule has 0 radical (unpaired) electrons. The van der Waals surface area contributed by atoms with Crippen LogP contribution in [-0.4, -0.2) is 28.3 Å². The van der Waals surface area contributed by atoms with Gasteiger partial charge in [0.05, 0.1) is 17.0 Å². The maximum Gasteiger partial charge on any atom is 0.338 e. The zero-order chi connectivity index (χ0) is 21.5. The van der Waals surface area contributed by atoms with E-state index >= 15 is 0 Å². The Bertz CT molecular complexity index is 1090. The summed E-state index contributed by atoms with van der Waals surface area (Å²) in [7, 11) is 0. The SMILES string of the molecule is CCCCOC(=O)c1ccc(NC(=O)Cn2nc(-c3ccc(C)s3)ccc2=O)cc1. The van der Waals surface area contributed by atoms with Gasteiger partial charge in [0.1, 0.15) is 12.2 Å². The minimum atomic E-state index is -0.391. The third kappa shape index (κ3) is 5.64. The number of thiophene rings is 1. The smallest absolute Gasteiger partial charge is 0.338 e. The van der Waals surface area contributed by atoms with E-state index in [4.69, 9.17) is 4.74 Å². The molecule has 0 aliphatic heterocycles. The number of hydrogen-bond acceptors (Lipinski definition) is 6. The summed E-state index contributed by atoms with van der Waals surface area (Å²) < 4.78 is 6.30. The van der Waals surface area contributed by atoms with Crippen molar-refractivity contribution in [3.63, 3.8) is 0 Å². The number of ether oxygens (including phenoxy) is 1. The lowest BCUT2D eigenvalue weighted by Crippen LogP contribution is -2.29. The Kier molecular flexibility index (Phi) is 7.13. The second kappa shape index (κ2) is 9.98. The van der Waals surface area contributed by atoms with E-state index in [2.05, 4.69) is 10.4 Å². The van der Waals surface area contributed by atoms with Gasteiger partial charge in [-0.05, 0) is 55.8 Å². The van der Waals surface area contributed by atoms with Gasteiger partial charge in [0.25, 0.3) is 5.56 Å². The molecule has 156 valence electrons. The zero-order valence-electron chi connectivity index (χ0n) is 16.9. The Hall–Kier alpha value is -3.26.